The first kappa shape index (κ1) is 19.7. The first-order valence-corrected chi connectivity index (χ1v) is 10.3. The van der Waals surface area contributed by atoms with Gasteiger partial charge >= 0.3 is 0 Å². The predicted molar refractivity (Wildman–Crippen MR) is 119 cm³/mol. The number of anilines is 1. The second kappa shape index (κ2) is 8.41. The zero-order valence-electron chi connectivity index (χ0n) is 15.3. The third kappa shape index (κ3) is 4.08. The molecule has 0 bridgehead atoms. The fourth-order valence-electron chi connectivity index (χ4n) is 2.95. The summed E-state index contributed by atoms with van der Waals surface area (Å²) in [4.78, 5) is 22.8. The van der Waals surface area contributed by atoms with Gasteiger partial charge < -0.3 is 5.32 Å². The van der Waals surface area contributed by atoms with Crippen LogP contribution in [-0.2, 0) is 0 Å². The van der Waals surface area contributed by atoms with E-state index in [0.29, 0.717) is 21.2 Å². The second-order valence-electron chi connectivity index (χ2n) is 6.29. The number of nitrogens with one attached hydrogen (secondary N) is 1. The number of carbonyl (C=O) groups is 1. The standard InChI is InChI=1S/C22H15Cl2N3OS/c1-13-12-26-20-14(21(13)29-18-10-2-3-11-25-18)6-4-9-17(20)27-22(28)19-15(23)7-5-8-16(19)24/h2-12H,1H3,(H,27,28). The lowest BCUT2D eigenvalue weighted by Crippen LogP contribution is -2.13. The Balaban J connectivity index is 1.75. The molecule has 0 aliphatic heterocycles. The lowest BCUT2D eigenvalue weighted by molar-refractivity contribution is 0.102. The van der Waals surface area contributed by atoms with E-state index < -0.39 is 0 Å². The number of pyridine rings is 2. The number of amides is 1. The van der Waals surface area contributed by atoms with Crippen LogP contribution in [0.25, 0.3) is 10.9 Å². The fraction of sp³-hybridized carbons (Fsp3) is 0.0455. The number of hydrogen-bond donors (Lipinski definition) is 1. The Hall–Kier alpha value is -2.60. The molecule has 0 aliphatic carbocycles. The Kier molecular flexibility index (Phi) is 5.72. The van der Waals surface area contributed by atoms with Gasteiger partial charge in [0.2, 0.25) is 0 Å². The Bertz CT molecular complexity index is 1200. The summed E-state index contributed by atoms with van der Waals surface area (Å²) in [5, 5.41) is 5.31. The van der Waals surface area contributed by atoms with Crippen molar-refractivity contribution in [3.63, 3.8) is 0 Å². The first-order chi connectivity index (χ1) is 14.0. The number of fused-ring (bicyclic) bond motifs is 1. The molecule has 0 saturated heterocycles. The third-order valence-electron chi connectivity index (χ3n) is 4.31. The van der Waals surface area contributed by atoms with Crippen LogP contribution in [0.4, 0.5) is 5.69 Å². The maximum atomic E-state index is 12.8. The molecule has 29 heavy (non-hydrogen) atoms. The van der Waals surface area contributed by atoms with Gasteiger partial charge in [-0.05, 0) is 42.8 Å². The number of aromatic nitrogens is 2. The van der Waals surface area contributed by atoms with Crippen molar-refractivity contribution in [1.29, 1.82) is 0 Å². The fourth-order valence-corrected chi connectivity index (χ4v) is 4.47. The minimum absolute atomic E-state index is 0.239. The van der Waals surface area contributed by atoms with Crippen molar-refractivity contribution in [2.24, 2.45) is 0 Å². The van der Waals surface area contributed by atoms with E-state index in [2.05, 4.69) is 15.3 Å². The van der Waals surface area contributed by atoms with Gasteiger partial charge in [-0.25, -0.2) is 4.98 Å². The molecule has 0 spiro atoms. The van der Waals surface area contributed by atoms with Crippen LogP contribution in [0, 0.1) is 6.92 Å². The first-order valence-electron chi connectivity index (χ1n) is 8.77. The number of rotatable bonds is 4. The Labute approximate surface area is 182 Å². The van der Waals surface area contributed by atoms with Crippen LogP contribution < -0.4 is 5.32 Å². The minimum atomic E-state index is -0.380. The molecule has 144 valence electrons. The highest BCUT2D eigenvalue weighted by atomic mass is 35.5. The second-order valence-corrected chi connectivity index (χ2v) is 8.14. The van der Waals surface area contributed by atoms with Crippen molar-refractivity contribution in [2.45, 2.75) is 16.8 Å². The van der Waals surface area contributed by atoms with E-state index in [0.717, 1.165) is 20.9 Å². The molecule has 1 amide bonds. The lowest BCUT2D eigenvalue weighted by Gasteiger charge is -2.13. The number of halogens is 2. The number of nitrogens with zero attached hydrogens (tertiary/aromatic N) is 2. The zero-order valence-corrected chi connectivity index (χ0v) is 17.6. The summed E-state index contributed by atoms with van der Waals surface area (Å²) in [5.41, 5.74) is 2.55. The molecule has 2 aromatic heterocycles. The van der Waals surface area contributed by atoms with E-state index in [-0.39, 0.29) is 11.5 Å². The predicted octanol–water partition coefficient (Wildman–Crippen LogP) is 6.65. The van der Waals surface area contributed by atoms with Gasteiger partial charge in [0.05, 0.1) is 26.8 Å². The molecule has 2 aromatic carbocycles. The number of para-hydroxylation sites is 1. The van der Waals surface area contributed by atoms with Gasteiger partial charge in [0.25, 0.3) is 5.91 Å². The van der Waals surface area contributed by atoms with E-state index in [4.69, 9.17) is 23.2 Å². The highest BCUT2D eigenvalue weighted by molar-refractivity contribution is 7.99. The number of benzene rings is 2. The SMILES string of the molecule is Cc1cnc2c(NC(=O)c3c(Cl)cccc3Cl)cccc2c1Sc1ccccn1. The maximum absolute atomic E-state index is 12.8. The van der Waals surface area contributed by atoms with Crippen LogP contribution in [0.15, 0.2) is 76.9 Å². The molecule has 0 aliphatic rings. The smallest absolute Gasteiger partial charge is 0.258 e. The van der Waals surface area contributed by atoms with Crippen molar-refractivity contribution in [3.8, 4) is 0 Å². The molecule has 1 N–H and O–H groups in total. The molecular formula is C22H15Cl2N3OS. The number of aryl methyl sites for hydroxylation is 1. The van der Waals surface area contributed by atoms with Crippen molar-refractivity contribution in [3.05, 3.63) is 88.2 Å². The normalized spacial score (nSPS) is 10.9. The molecule has 0 unspecified atom stereocenters. The van der Waals surface area contributed by atoms with Crippen LogP contribution in [0.2, 0.25) is 10.0 Å². The molecule has 4 aromatic rings. The molecule has 7 heteroatoms. The van der Waals surface area contributed by atoms with Crippen molar-refractivity contribution >= 4 is 57.5 Å². The van der Waals surface area contributed by atoms with Crippen LogP contribution >= 0.6 is 35.0 Å². The Morgan fingerprint density at radius 1 is 0.966 bits per heavy atom. The van der Waals surface area contributed by atoms with E-state index in [1.165, 1.54) is 0 Å². The quantitative estimate of drug-likeness (QED) is 0.386. The molecule has 4 nitrogen and oxygen atoms in total. The summed E-state index contributed by atoms with van der Waals surface area (Å²) in [6, 6.07) is 16.4. The van der Waals surface area contributed by atoms with Crippen molar-refractivity contribution in [2.75, 3.05) is 5.32 Å². The third-order valence-corrected chi connectivity index (χ3v) is 6.14. The Morgan fingerprint density at radius 3 is 2.45 bits per heavy atom. The van der Waals surface area contributed by atoms with Gasteiger partial charge in [-0.1, -0.05) is 59.2 Å². The van der Waals surface area contributed by atoms with E-state index in [1.54, 1.807) is 42.4 Å². The van der Waals surface area contributed by atoms with Crippen molar-refractivity contribution in [1.82, 2.24) is 9.97 Å². The average molecular weight is 440 g/mol. The van der Waals surface area contributed by atoms with Crippen LogP contribution in [-0.4, -0.2) is 15.9 Å². The Morgan fingerprint density at radius 2 is 1.72 bits per heavy atom. The summed E-state index contributed by atoms with van der Waals surface area (Å²) in [6.45, 7) is 2.01. The summed E-state index contributed by atoms with van der Waals surface area (Å²) in [6.07, 6.45) is 3.56. The highest BCUT2D eigenvalue weighted by Gasteiger charge is 2.17. The van der Waals surface area contributed by atoms with Crippen LogP contribution in [0.1, 0.15) is 15.9 Å². The monoisotopic (exact) mass is 439 g/mol. The molecule has 0 radical (unpaired) electrons. The van der Waals surface area contributed by atoms with Gasteiger partial charge in [0, 0.05) is 22.7 Å². The van der Waals surface area contributed by atoms with Gasteiger partial charge in [0.15, 0.2) is 0 Å². The average Bonchev–Trinajstić information content (AvgIpc) is 2.71. The summed E-state index contributed by atoms with van der Waals surface area (Å²) in [5.74, 6) is -0.380. The topological polar surface area (TPSA) is 54.9 Å². The van der Waals surface area contributed by atoms with Crippen molar-refractivity contribution < 1.29 is 4.79 Å². The molecular weight excluding hydrogens is 425 g/mol. The summed E-state index contributed by atoms with van der Waals surface area (Å²) >= 11 is 13.9. The largest absolute Gasteiger partial charge is 0.320 e. The summed E-state index contributed by atoms with van der Waals surface area (Å²) < 4.78 is 0. The summed E-state index contributed by atoms with van der Waals surface area (Å²) in [7, 11) is 0. The molecule has 2 heterocycles. The number of carbonyl (C=O) groups excluding carboxylic acids is 1. The van der Waals surface area contributed by atoms with E-state index in [9.17, 15) is 4.79 Å². The van der Waals surface area contributed by atoms with E-state index in [1.807, 2.05) is 43.3 Å². The van der Waals surface area contributed by atoms with Gasteiger partial charge in [-0.3, -0.25) is 9.78 Å². The highest BCUT2D eigenvalue weighted by Crippen LogP contribution is 2.36. The maximum Gasteiger partial charge on any atom is 0.258 e. The molecule has 0 atom stereocenters. The van der Waals surface area contributed by atoms with Gasteiger partial charge in [-0.15, -0.1) is 0 Å². The number of hydrogen-bond acceptors (Lipinski definition) is 4. The lowest BCUT2D eigenvalue weighted by atomic mass is 10.1. The molecule has 4 rings (SSSR count). The van der Waals surface area contributed by atoms with Gasteiger partial charge in [-0.2, -0.15) is 0 Å². The van der Waals surface area contributed by atoms with Crippen LogP contribution in [0.5, 0.6) is 0 Å². The molecule has 0 fully saturated rings. The van der Waals surface area contributed by atoms with Gasteiger partial charge in [0.1, 0.15) is 5.03 Å². The van der Waals surface area contributed by atoms with Crippen LogP contribution in [0.3, 0.4) is 0 Å². The molecule has 0 saturated carbocycles. The zero-order chi connectivity index (χ0) is 20.4. The minimum Gasteiger partial charge on any atom is -0.320 e. The van der Waals surface area contributed by atoms with E-state index >= 15 is 0 Å².